The first kappa shape index (κ1) is 38.6. The molecular weight excluding hydrogens is 648 g/mol. The lowest BCUT2D eigenvalue weighted by atomic mass is 9.53. The Morgan fingerprint density at radius 1 is 0.820 bits per heavy atom. The summed E-state index contributed by atoms with van der Waals surface area (Å²) < 4.78 is 13.2. The van der Waals surface area contributed by atoms with E-state index in [9.17, 15) is 28.8 Å². The SMILES string of the molecule is CCCn1c(=O)c2[nH]c(C34CCC(C(=O)NCCC(=O)NCCNC(=O)COCCNC(=O)OC(C)(C)C)(CC3)CC4)nc2n(CCC)c1=O. The van der Waals surface area contributed by atoms with Crippen molar-refractivity contribution < 1.29 is 28.7 Å². The minimum absolute atomic E-state index is 0.0454. The fraction of sp³-hybridized carbons (Fsp3) is 0.735. The van der Waals surface area contributed by atoms with Crippen LogP contribution < -0.4 is 32.5 Å². The number of nitrogens with zero attached hydrogens (tertiary/aromatic N) is 3. The molecule has 2 bridgehead atoms. The molecule has 4 amide bonds. The zero-order valence-corrected chi connectivity index (χ0v) is 30.1. The molecule has 0 aromatic carbocycles. The number of amides is 4. The van der Waals surface area contributed by atoms with Crippen LogP contribution in [0.25, 0.3) is 11.2 Å². The first-order valence-electron chi connectivity index (χ1n) is 17.8. The van der Waals surface area contributed by atoms with Gasteiger partial charge in [0, 0.05) is 56.5 Å². The van der Waals surface area contributed by atoms with Crippen LogP contribution in [0.4, 0.5) is 4.79 Å². The number of carbonyl (C=O) groups excluding carboxylic acids is 4. The Bertz CT molecular complexity index is 1630. The highest BCUT2D eigenvalue weighted by Gasteiger charge is 2.54. The highest BCUT2D eigenvalue weighted by molar-refractivity contribution is 5.84. The molecular formula is C34H54N8O8. The molecule has 3 fully saturated rings. The summed E-state index contributed by atoms with van der Waals surface area (Å²) in [4.78, 5) is 83.7. The van der Waals surface area contributed by atoms with Gasteiger partial charge in [-0.3, -0.25) is 28.3 Å². The Balaban J connectivity index is 1.16. The molecule has 0 spiro atoms. The highest BCUT2D eigenvalue weighted by Crippen LogP contribution is 2.57. The number of hydrogen-bond acceptors (Lipinski definition) is 9. The minimum atomic E-state index is -0.596. The van der Waals surface area contributed by atoms with Gasteiger partial charge >= 0.3 is 11.8 Å². The normalized spacial score (nSPS) is 20.0. The van der Waals surface area contributed by atoms with Gasteiger partial charge in [0.2, 0.25) is 17.7 Å². The molecule has 0 atom stereocenters. The Kier molecular flexibility index (Phi) is 12.9. The Labute approximate surface area is 291 Å². The zero-order valence-electron chi connectivity index (χ0n) is 30.1. The van der Waals surface area contributed by atoms with E-state index >= 15 is 0 Å². The van der Waals surface area contributed by atoms with Crippen LogP contribution in [-0.2, 0) is 42.4 Å². The summed E-state index contributed by atoms with van der Waals surface area (Å²) in [6.45, 7) is 10.9. The molecule has 50 heavy (non-hydrogen) atoms. The van der Waals surface area contributed by atoms with Crippen molar-refractivity contribution in [3.8, 4) is 0 Å². The molecule has 2 heterocycles. The average molecular weight is 703 g/mol. The van der Waals surface area contributed by atoms with Gasteiger partial charge in [-0.25, -0.2) is 14.6 Å². The first-order valence-corrected chi connectivity index (χ1v) is 17.8. The maximum atomic E-state index is 13.4. The van der Waals surface area contributed by atoms with Crippen LogP contribution in [0.1, 0.15) is 98.2 Å². The summed E-state index contributed by atoms with van der Waals surface area (Å²) in [5.74, 6) is 0.0948. The molecule has 3 aliphatic rings. The van der Waals surface area contributed by atoms with E-state index in [0.29, 0.717) is 49.9 Å². The Morgan fingerprint density at radius 3 is 2.06 bits per heavy atom. The third kappa shape index (κ3) is 9.31. The second kappa shape index (κ2) is 16.7. The van der Waals surface area contributed by atoms with Gasteiger partial charge in [0.15, 0.2) is 5.65 Å². The largest absolute Gasteiger partial charge is 0.444 e. The number of aryl methyl sites for hydroxylation is 1. The van der Waals surface area contributed by atoms with E-state index in [4.69, 9.17) is 14.5 Å². The summed E-state index contributed by atoms with van der Waals surface area (Å²) >= 11 is 0. The van der Waals surface area contributed by atoms with E-state index in [1.165, 1.54) is 4.57 Å². The van der Waals surface area contributed by atoms with Crippen molar-refractivity contribution in [3.63, 3.8) is 0 Å². The van der Waals surface area contributed by atoms with Crippen LogP contribution >= 0.6 is 0 Å². The van der Waals surface area contributed by atoms with Gasteiger partial charge in [-0.2, -0.15) is 0 Å². The Morgan fingerprint density at radius 2 is 1.44 bits per heavy atom. The number of nitrogens with one attached hydrogen (secondary N) is 5. The highest BCUT2D eigenvalue weighted by atomic mass is 16.6. The number of hydrogen-bond donors (Lipinski definition) is 5. The molecule has 3 saturated carbocycles. The number of imidazole rings is 1. The fourth-order valence-electron chi connectivity index (χ4n) is 6.87. The number of H-pyrrole nitrogens is 1. The third-order valence-electron chi connectivity index (χ3n) is 9.54. The summed E-state index contributed by atoms with van der Waals surface area (Å²) in [6.07, 6.45) is 5.20. The number of aromatic amines is 1. The van der Waals surface area contributed by atoms with Crippen molar-refractivity contribution in [1.82, 2.24) is 40.4 Å². The van der Waals surface area contributed by atoms with Gasteiger partial charge in [-0.15, -0.1) is 0 Å². The maximum Gasteiger partial charge on any atom is 0.407 e. The van der Waals surface area contributed by atoms with Crippen LogP contribution in [0.15, 0.2) is 9.59 Å². The van der Waals surface area contributed by atoms with Crippen molar-refractivity contribution in [2.24, 2.45) is 5.41 Å². The van der Waals surface area contributed by atoms with E-state index in [2.05, 4.69) is 26.3 Å². The second-order valence-electron chi connectivity index (χ2n) is 14.4. The van der Waals surface area contributed by atoms with Crippen molar-refractivity contribution in [1.29, 1.82) is 0 Å². The van der Waals surface area contributed by atoms with Crippen LogP contribution in [0.5, 0.6) is 0 Å². The molecule has 2 aromatic heterocycles. The zero-order chi connectivity index (χ0) is 36.5. The molecule has 3 aliphatic carbocycles. The lowest BCUT2D eigenvalue weighted by molar-refractivity contribution is -0.138. The van der Waals surface area contributed by atoms with Gasteiger partial charge < -0.3 is 35.7 Å². The van der Waals surface area contributed by atoms with Gasteiger partial charge in [0.25, 0.3) is 5.56 Å². The lowest BCUT2D eigenvalue weighted by Gasteiger charge is -2.51. The van der Waals surface area contributed by atoms with Gasteiger partial charge in [-0.05, 0) is 72.1 Å². The van der Waals surface area contributed by atoms with Crippen molar-refractivity contribution >= 4 is 35.0 Å². The quantitative estimate of drug-likeness (QED) is 0.152. The minimum Gasteiger partial charge on any atom is -0.444 e. The molecule has 2 aromatic rings. The standard InChI is InChI=1S/C34H54N8O8/c1-6-19-41-26-25(27(45)42(20-7-2)31(41)48)39-28(40-26)33-9-12-34(13-10-33,14-11-33)29(46)37-15-8-23(43)35-16-17-36-24(44)22-49-21-18-38-30(47)50-32(3,4)5/h6-22H2,1-5H3,(H,35,43)(H,36,44)(H,37,46)(H,38,47)(H,39,40). The molecule has 278 valence electrons. The molecule has 0 radical (unpaired) electrons. The smallest absolute Gasteiger partial charge is 0.407 e. The van der Waals surface area contributed by atoms with E-state index in [1.54, 1.807) is 25.3 Å². The molecule has 16 heteroatoms. The first-order chi connectivity index (χ1) is 23.7. The van der Waals surface area contributed by atoms with E-state index in [-0.39, 0.29) is 80.2 Å². The van der Waals surface area contributed by atoms with Crippen LogP contribution in [0.2, 0.25) is 0 Å². The summed E-state index contributed by atoms with van der Waals surface area (Å²) in [5.41, 5.74) is -1.26. The average Bonchev–Trinajstić information content (AvgIpc) is 3.53. The molecule has 0 unspecified atom stereocenters. The van der Waals surface area contributed by atoms with Gasteiger partial charge in [0.1, 0.15) is 23.5 Å². The predicted octanol–water partition coefficient (Wildman–Crippen LogP) is 1.58. The van der Waals surface area contributed by atoms with Crippen molar-refractivity contribution in [3.05, 3.63) is 26.7 Å². The second-order valence-corrected chi connectivity index (χ2v) is 14.4. The Hall–Kier alpha value is -4.21. The van der Waals surface area contributed by atoms with Gasteiger partial charge in [0.05, 0.1) is 6.61 Å². The lowest BCUT2D eigenvalue weighted by Crippen LogP contribution is -2.52. The molecule has 0 aliphatic heterocycles. The fourth-order valence-corrected chi connectivity index (χ4v) is 6.87. The summed E-state index contributed by atoms with van der Waals surface area (Å²) in [7, 11) is 0. The molecule has 5 N–H and O–H groups in total. The molecule has 16 nitrogen and oxygen atoms in total. The van der Waals surface area contributed by atoms with Crippen LogP contribution in [0.3, 0.4) is 0 Å². The number of aromatic nitrogens is 4. The van der Waals surface area contributed by atoms with E-state index in [0.717, 1.165) is 31.5 Å². The summed E-state index contributed by atoms with van der Waals surface area (Å²) in [5, 5.41) is 10.9. The maximum absolute atomic E-state index is 13.4. The number of fused-ring (bicyclic) bond motifs is 4. The summed E-state index contributed by atoms with van der Waals surface area (Å²) in [6, 6.07) is 0. The van der Waals surface area contributed by atoms with Crippen LogP contribution in [-0.4, -0.2) is 87.9 Å². The van der Waals surface area contributed by atoms with E-state index < -0.39 is 17.1 Å². The predicted molar refractivity (Wildman–Crippen MR) is 186 cm³/mol. The van der Waals surface area contributed by atoms with E-state index in [1.807, 2.05) is 13.8 Å². The van der Waals surface area contributed by atoms with Crippen molar-refractivity contribution in [2.45, 2.75) is 117 Å². The number of rotatable bonds is 17. The topological polar surface area (TPSA) is 208 Å². The molecule has 5 rings (SSSR count). The third-order valence-corrected chi connectivity index (χ3v) is 9.54. The van der Waals surface area contributed by atoms with Gasteiger partial charge in [-0.1, -0.05) is 13.8 Å². The van der Waals surface area contributed by atoms with Crippen molar-refractivity contribution in [2.75, 3.05) is 39.4 Å². The van der Waals surface area contributed by atoms with Crippen LogP contribution in [0, 0.1) is 5.41 Å². The monoisotopic (exact) mass is 702 g/mol. The molecule has 0 saturated heterocycles. The number of alkyl carbamates (subject to hydrolysis) is 1. The number of carbonyl (C=O) groups is 4. The number of ether oxygens (including phenoxy) is 2.